The van der Waals surface area contributed by atoms with Gasteiger partial charge in [-0.25, -0.2) is 0 Å². The van der Waals surface area contributed by atoms with Crippen molar-refractivity contribution in [1.29, 1.82) is 0 Å². The van der Waals surface area contributed by atoms with Gasteiger partial charge in [-0.15, -0.1) is 11.3 Å². The summed E-state index contributed by atoms with van der Waals surface area (Å²) >= 11 is 1.66. The van der Waals surface area contributed by atoms with E-state index in [4.69, 9.17) is 4.52 Å². The van der Waals surface area contributed by atoms with Gasteiger partial charge in [0.15, 0.2) is 11.5 Å². The van der Waals surface area contributed by atoms with E-state index in [1.807, 2.05) is 23.6 Å². The fourth-order valence-corrected chi connectivity index (χ4v) is 3.25. The number of rotatable bonds is 3. The molecule has 0 amide bonds. The van der Waals surface area contributed by atoms with Crippen LogP contribution in [0, 0.1) is 0 Å². The molecule has 1 saturated heterocycles. The van der Waals surface area contributed by atoms with Crippen LogP contribution in [0.2, 0.25) is 0 Å². The Morgan fingerprint density at radius 1 is 1.45 bits per heavy atom. The monoisotopic (exact) mass is 316 g/mol. The summed E-state index contributed by atoms with van der Waals surface area (Å²) in [4.78, 5) is 7.87. The smallest absolute Gasteiger partial charge is 0.278 e. The van der Waals surface area contributed by atoms with Crippen molar-refractivity contribution in [2.24, 2.45) is 0 Å². The van der Waals surface area contributed by atoms with Crippen LogP contribution in [0.4, 0.5) is 0 Å². The second-order valence-corrected chi connectivity index (χ2v) is 6.25. The van der Waals surface area contributed by atoms with Gasteiger partial charge in [-0.1, -0.05) is 11.2 Å². The number of nitrogens with zero attached hydrogens (tertiary/aromatic N) is 4. The van der Waals surface area contributed by atoms with E-state index in [0.29, 0.717) is 17.4 Å². The van der Waals surface area contributed by atoms with Gasteiger partial charge >= 0.3 is 0 Å². The van der Waals surface area contributed by atoms with E-state index in [2.05, 4.69) is 37.6 Å². The van der Waals surface area contributed by atoms with Gasteiger partial charge in [0.1, 0.15) is 0 Å². The molecule has 4 heterocycles. The first-order chi connectivity index (χ1) is 10.8. The molecule has 2 N–H and O–H groups in total. The van der Waals surface area contributed by atoms with Gasteiger partial charge in [0, 0.05) is 19.6 Å². The van der Waals surface area contributed by atoms with E-state index >= 15 is 0 Å². The first-order valence-electron chi connectivity index (χ1n) is 7.15. The number of aromatic amines is 1. The second-order valence-electron chi connectivity index (χ2n) is 5.30. The van der Waals surface area contributed by atoms with Gasteiger partial charge in [0.05, 0.1) is 16.6 Å². The van der Waals surface area contributed by atoms with Crippen LogP contribution in [0.1, 0.15) is 11.9 Å². The number of aromatic nitrogens is 4. The topological polar surface area (TPSA) is 82.9 Å². The Balaban J connectivity index is 1.59. The zero-order valence-electron chi connectivity index (χ0n) is 12.1. The van der Waals surface area contributed by atoms with E-state index in [9.17, 15) is 0 Å². The normalized spacial score (nSPS) is 19.6. The highest BCUT2D eigenvalue weighted by Gasteiger charge is 2.26. The quantitative estimate of drug-likeness (QED) is 0.766. The van der Waals surface area contributed by atoms with Crippen molar-refractivity contribution in [3.8, 4) is 22.2 Å². The lowest BCUT2D eigenvalue weighted by Gasteiger charge is -2.30. The van der Waals surface area contributed by atoms with Crippen LogP contribution < -0.4 is 5.32 Å². The predicted octanol–water partition coefficient (Wildman–Crippen LogP) is 1.76. The average molecular weight is 316 g/mol. The number of hydrogen-bond acceptors (Lipinski definition) is 7. The van der Waals surface area contributed by atoms with Crippen molar-refractivity contribution in [3.63, 3.8) is 0 Å². The number of piperazine rings is 1. The minimum Gasteiger partial charge on any atom is -0.332 e. The van der Waals surface area contributed by atoms with Crippen LogP contribution in [0.15, 0.2) is 28.1 Å². The van der Waals surface area contributed by atoms with Crippen molar-refractivity contribution < 1.29 is 4.52 Å². The summed E-state index contributed by atoms with van der Waals surface area (Å²) in [6.45, 7) is 2.79. The first kappa shape index (κ1) is 13.6. The predicted molar refractivity (Wildman–Crippen MR) is 83.4 cm³/mol. The van der Waals surface area contributed by atoms with Crippen LogP contribution in [0.5, 0.6) is 0 Å². The highest BCUT2D eigenvalue weighted by molar-refractivity contribution is 7.13. The molecule has 7 nitrogen and oxygen atoms in total. The molecule has 0 aromatic carbocycles. The Morgan fingerprint density at radius 2 is 2.41 bits per heavy atom. The molecule has 1 atom stereocenters. The fraction of sp³-hybridized carbons (Fsp3) is 0.357. The Hall–Kier alpha value is -2.03. The van der Waals surface area contributed by atoms with E-state index in [1.54, 1.807) is 11.3 Å². The van der Waals surface area contributed by atoms with E-state index in [1.165, 1.54) is 0 Å². The maximum atomic E-state index is 5.39. The van der Waals surface area contributed by atoms with E-state index < -0.39 is 0 Å². The first-order valence-corrected chi connectivity index (χ1v) is 8.03. The summed E-state index contributed by atoms with van der Waals surface area (Å²) in [5.74, 6) is 1.15. The average Bonchev–Trinajstić information content (AvgIpc) is 3.27. The summed E-state index contributed by atoms with van der Waals surface area (Å²) < 4.78 is 5.39. The summed E-state index contributed by atoms with van der Waals surface area (Å²) in [6, 6.07) is 6.13. The molecule has 114 valence electrons. The molecular weight excluding hydrogens is 300 g/mol. The summed E-state index contributed by atoms with van der Waals surface area (Å²) in [5, 5.41) is 16.8. The third-order valence-corrected chi connectivity index (χ3v) is 4.74. The third-order valence-electron chi connectivity index (χ3n) is 3.83. The molecule has 0 radical (unpaired) electrons. The van der Waals surface area contributed by atoms with Gasteiger partial charge in [0.25, 0.3) is 5.89 Å². The molecular formula is C14H16N6OS. The molecule has 0 spiro atoms. The van der Waals surface area contributed by atoms with E-state index in [-0.39, 0.29) is 6.04 Å². The number of hydrogen-bond donors (Lipinski definition) is 2. The Kier molecular flexibility index (Phi) is 3.49. The summed E-state index contributed by atoms with van der Waals surface area (Å²) in [7, 11) is 2.07. The zero-order chi connectivity index (χ0) is 14.9. The van der Waals surface area contributed by atoms with E-state index in [0.717, 1.165) is 30.2 Å². The Bertz CT molecular complexity index is 749. The molecule has 1 fully saturated rings. The largest absolute Gasteiger partial charge is 0.332 e. The molecule has 4 rings (SSSR count). The van der Waals surface area contributed by atoms with Crippen LogP contribution in [0.25, 0.3) is 22.2 Å². The van der Waals surface area contributed by atoms with Crippen LogP contribution in [-0.2, 0) is 0 Å². The lowest BCUT2D eigenvalue weighted by molar-refractivity contribution is 0.190. The highest BCUT2D eigenvalue weighted by Crippen LogP contribution is 2.27. The molecule has 22 heavy (non-hydrogen) atoms. The maximum Gasteiger partial charge on any atom is 0.278 e. The van der Waals surface area contributed by atoms with Crippen molar-refractivity contribution in [2.45, 2.75) is 6.04 Å². The van der Waals surface area contributed by atoms with Crippen molar-refractivity contribution in [3.05, 3.63) is 29.4 Å². The minimum absolute atomic E-state index is 0.141. The highest BCUT2D eigenvalue weighted by atomic mass is 32.1. The number of thiophene rings is 1. The van der Waals surface area contributed by atoms with Crippen LogP contribution in [-0.4, -0.2) is 51.9 Å². The minimum atomic E-state index is 0.141. The van der Waals surface area contributed by atoms with Gasteiger partial charge < -0.3 is 9.84 Å². The van der Waals surface area contributed by atoms with Gasteiger partial charge in [-0.05, 0) is 24.6 Å². The molecule has 1 aliphatic rings. The summed E-state index contributed by atoms with van der Waals surface area (Å²) in [6.07, 6.45) is 0. The second kappa shape index (κ2) is 5.64. The SMILES string of the molecule is CN1CCNCC1c1noc(-c2cc(-c3cccs3)[nH]n2)n1. The summed E-state index contributed by atoms with van der Waals surface area (Å²) in [5.41, 5.74) is 1.63. The van der Waals surface area contributed by atoms with Gasteiger partial charge in [0.2, 0.25) is 0 Å². The van der Waals surface area contributed by atoms with Crippen molar-refractivity contribution >= 4 is 11.3 Å². The number of likely N-dealkylation sites (N-methyl/N-ethyl adjacent to an activating group) is 1. The van der Waals surface area contributed by atoms with Crippen molar-refractivity contribution in [1.82, 2.24) is 30.6 Å². The fourth-order valence-electron chi connectivity index (χ4n) is 2.56. The van der Waals surface area contributed by atoms with Crippen LogP contribution >= 0.6 is 11.3 Å². The van der Waals surface area contributed by atoms with Gasteiger partial charge in [-0.3, -0.25) is 10.00 Å². The maximum absolute atomic E-state index is 5.39. The lowest BCUT2D eigenvalue weighted by atomic mass is 10.2. The number of H-pyrrole nitrogens is 1. The Morgan fingerprint density at radius 3 is 3.23 bits per heavy atom. The zero-order valence-corrected chi connectivity index (χ0v) is 12.9. The Labute approximate surface area is 131 Å². The van der Waals surface area contributed by atoms with Crippen LogP contribution in [0.3, 0.4) is 0 Å². The van der Waals surface area contributed by atoms with Gasteiger partial charge in [-0.2, -0.15) is 10.1 Å². The molecule has 1 aliphatic heterocycles. The molecule has 0 saturated carbocycles. The molecule has 0 aliphatic carbocycles. The standard InChI is InChI=1S/C14H16N6OS/c1-20-5-4-15-8-11(20)13-16-14(21-19-13)10-7-9(17-18-10)12-3-2-6-22-12/h2-3,6-7,11,15H,4-5,8H2,1H3,(H,17,18). The lowest BCUT2D eigenvalue weighted by Crippen LogP contribution is -2.44. The third kappa shape index (κ3) is 2.45. The van der Waals surface area contributed by atoms with Crippen molar-refractivity contribution in [2.75, 3.05) is 26.7 Å². The molecule has 8 heteroatoms. The molecule has 0 bridgehead atoms. The molecule has 3 aromatic rings. The molecule has 3 aromatic heterocycles. The number of nitrogens with one attached hydrogen (secondary N) is 2. The molecule has 1 unspecified atom stereocenters.